The van der Waals surface area contributed by atoms with Gasteiger partial charge in [-0.2, -0.15) is 4.31 Å². The monoisotopic (exact) mass is 418 g/mol. The highest BCUT2D eigenvalue weighted by Crippen LogP contribution is 2.31. The Morgan fingerprint density at radius 2 is 1.72 bits per heavy atom. The van der Waals surface area contributed by atoms with Crippen molar-refractivity contribution in [3.63, 3.8) is 0 Å². The van der Waals surface area contributed by atoms with Gasteiger partial charge in [0, 0.05) is 37.8 Å². The van der Waals surface area contributed by atoms with Crippen molar-refractivity contribution in [1.29, 1.82) is 0 Å². The van der Waals surface area contributed by atoms with Crippen molar-refractivity contribution in [3.05, 3.63) is 63.2 Å². The van der Waals surface area contributed by atoms with Crippen molar-refractivity contribution in [2.45, 2.75) is 18.7 Å². The Hall–Kier alpha value is -2.98. The summed E-state index contributed by atoms with van der Waals surface area (Å²) in [6.45, 7) is 4.58. The third kappa shape index (κ3) is 4.08. The Labute approximate surface area is 168 Å². The number of nitro benzene ring substituents is 1. The second kappa shape index (κ2) is 7.80. The van der Waals surface area contributed by atoms with Crippen LogP contribution in [0.15, 0.2) is 41.3 Å². The molecule has 10 heteroatoms. The number of anilines is 1. The normalized spacial score (nSPS) is 15.3. The fraction of sp³-hybridized carbons (Fsp3) is 0.316. The fourth-order valence-corrected chi connectivity index (χ4v) is 5.12. The molecule has 1 aliphatic heterocycles. The molecule has 0 unspecified atom stereocenters. The smallest absolute Gasteiger partial charge is 0.293 e. The van der Waals surface area contributed by atoms with E-state index in [-0.39, 0.29) is 29.2 Å². The van der Waals surface area contributed by atoms with Gasteiger partial charge in [-0.3, -0.25) is 14.9 Å². The lowest BCUT2D eigenvalue weighted by molar-refractivity contribution is -0.384. The topological polar surface area (TPSA) is 127 Å². The van der Waals surface area contributed by atoms with Crippen molar-refractivity contribution in [2.75, 3.05) is 31.1 Å². The number of primary amides is 1. The van der Waals surface area contributed by atoms with E-state index in [1.54, 1.807) is 24.0 Å². The number of nitrogens with two attached hydrogens (primary N) is 1. The van der Waals surface area contributed by atoms with E-state index in [4.69, 9.17) is 5.73 Å². The zero-order chi connectivity index (χ0) is 21.3. The second-order valence-electron chi connectivity index (χ2n) is 6.98. The standard InChI is InChI=1S/C19H22N4O5S/c1-13-3-4-14(2)18(11-13)29(27,28)22-9-7-21(8-10-22)16-6-5-15(19(20)24)12-17(16)23(25)26/h3-6,11-12H,7-10H2,1-2H3,(H2,20,24). The summed E-state index contributed by atoms with van der Waals surface area (Å²) in [6, 6.07) is 9.36. The molecule has 154 valence electrons. The molecule has 2 aromatic carbocycles. The number of nitro groups is 1. The summed E-state index contributed by atoms with van der Waals surface area (Å²) >= 11 is 0. The van der Waals surface area contributed by atoms with E-state index in [0.717, 1.165) is 11.6 Å². The van der Waals surface area contributed by atoms with Crippen LogP contribution in [0, 0.1) is 24.0 Å². The molecule has 1 fully saturated rings. The number of benzene rings is 2. The first kappa shape index (κ1) is 20.7. The molecule has 0 radical (unpaired) electrons. The third-order valence-electron chi connectivity index (χ3n) is 5.00. The third-order valence-corrected chi connectivity index (χ3v) is 7.04. The summed E-state index contributed by atoms with van der Waals surface area (Å²) in [5.41, 5.74) is 6.90. The van der Waals surface area contributed by atoms with Crippen LogP contribution in [0.2, 0.25) is 0 Å². The van der Waals surface area contributed by atoms with Gasteiger partial charge in [-0.25, -0.2) is 8.42 Å². The van der Waals surface area contributed by atoms with Gasteiger partial charge >= 0.3 is 0 Å². The van der Waals surface area contributed by atoms with Gasteiger partial charge in [0.05, 0.1) is 9.82 Å². The molecule has 1 aliphatic rings. The summed E-state index contributed by atoms with van der Waals surface area (Å²) in [5.74, 6) is -0.746. The maximum absolute atomic E-state index is 13.0. The van der Waals surface area contributed by atoms with E-state index < -0.39 is 20.9 Å². The molecular weight excluding hydrogens is 396 g/mol. The zero-order valence-corrected chi connectivity index (χ0v) is 17.0. The van der Waals surface area contributed by atoms with Crippen LogP contribution in [0.1, 0.15) is 21.5 Å². The molecule has 0 aromatic heterocycles. The maximum atomic E-state index is 13.0. The predicted molar refractivity (Wildman–Crippen MR) is 109 cm³/mol. The van der Waals surface area contributed by atoms with Gasteiger partial charge in [-0.05, 0) is 43.2 Å². The maximum Gasteiger partial charge on any atom is 0.293 e. The molecular formula is C19H22N4O5S. The molecule has 0 saturated carbocycles. The van der Waals surface area contributed by atoms with Gasteiger partial charge in [-0.1, -0.05) is 12.1 Å². The second-order valence-corrected chi connectivity index (χ2v) is 8.89. The first-order chi connectivity index (χ1) is 13.6. The van der Waals surface area contributed by atoms with Crippen LogP contribution >= 0.6 is 0 Å². The van der Waals surface area contributed by atoms with Crippen LogP contribution in [0.4, 0.5) is 11.4 Å². The van der Waals surface area contributed by atoms with Crippen LogP contribution < -0.4 is 10.6 Å². The Morgan fingerprint density at radius 1 is 1.07 bits per heavy atom. The number of hydrogen-bond acceptors (Lipinski definition) is 6. The van der Waals surface area contributed by atoms with E-state index in [1.807, 2.05) is 13.0 Å². The zero-order valence-electron chi connectivity index (χ0n) is 16.2. The van der Waals surface area contributed by atoms with E-state index in [0.29, 0.717) is 24.3 Å². The number of nitrogens with zero attached hydrogens (tertiary/aromatic N) is 3. The summed E-state index contributed by atoms with van der Waals surface area (Å²) in [4.78, 5) is 24.2. The Morgan fingerprint density at radius 3 is 2.31 bits per heavy atom. The Bertz CT molecular complexity index is 1080. The molecule has 1 amide bonds. The van der Waals surface area contributed by atoms with Gasteiger partial charge in [0.1, 0.15) is 5.69 Å². The lowest BCUT2D eigenvalue weighted by Gasteiger charge is -2.35. The minimum Gasteiger partial charge on any atom is -0.366 e. The highest BCUT2D eigenvalue weighted by atomic mass is 32.2. The Balaban J connectivity index is 1.83. The van der Waals surface area contributed by atoms with Crippen molar-refractivity contribution in [1.82, 2.24) is 4.31 Å². The molecule has 0 atom stereocenters. The van der Waals surface area contributed by atoms with Gasteiger partial charge < -0.3 is 10.6 Å². The molecule has 9 nitrogen and oxygen atoms in total. The molecule has 2 N–H and O–H groups in total. The van der Waals surface area contributed by atoms with Crippen molar-refractivity contribution in [3.8, 4) is 0 Å². The molecule has 3 rings (SSSR count). The van der Waals surface area contributed by atoms with Crippen LogP contribution in [-0.4, -0.2) is 49.7 Å². The highest BCUT2D eigenvalue weighted by molar-refractivity contribution is 7.89. The lowest BCUT2D eigenvalue weighted by Crippen LogP contribution is -2.49. The van der Waals surface area contributed by atoms with Crippen molar-refractivity contribution < 1.29 is 18.1 Å². The molecule has 0 spiro atoms. The fourth-order valence-electron chi connectivity index (χ4n) is 3.38. The van der Waals surface area contributed by atoms with Crippen molar-refractivity contribution in [2.24, 2.45) is 5.73 Å². The highest BCUT2D eigenvalue weighted by Gasteiger charge is 2.31. The van der Waals surface area contributed by atoms with Crippen molar-refractivity contribution >= 4 is 27.3 Å². The average molecular weight is 418 g/mol. The molecule has 1 saturated heterocycles. The number of carbonyl (C=O) groups is 1. The van der Waals surface area contributed by atoms with Crippen LogP contribution in [0.25, 0.3) is 0 Å². The summed E-state index contributed by atoms with van der Waals surface area (Å²) in [7, 11) is -3.65. The van der Waals surface area contributed by atoms with Gasteiger partial charge in [0.15, 0.2) is 0 Å². The van der Waals surface area contributed by atoms with Gasteiger partial charge in [-0.15, -0.1) is 0 Å². The SMILES string of the molecule is Cc1ccc(C)c(S(=O)(=O)N2CCN(c3ccc(C(N)=O)cc3[N+](=O)[O-])CC2)c1. The Kier molecular flexibility index (Phi) is 5.58. The predicted octanol–water partition coefficient (Wildman–Crippen LogP) is 1.82. The number of aryl methyl sites for hydroxylation is 2. The van der Waals surface area contributed by atoms with Crippen LogP contribution in [0.3, 0.4) is 0 Å². The molecule has 29 heavy (non-hydrogen) atoms. The number of amides is 1. The quantitative estimate of drug-likeness (QED) is 0.583. The van der Waals surface area contributed by atoms with E-state index >= 15 is 0 Å². The lowest BCUT2D eigenvalue weighted by atomic mass is 10.1. The molecule has 0 aliphatic carbocycles. The van der Waals surface area contributed by atoms with E-state index in [1.165, 1.54) is 16.4 Å². The number of carbonyl (C=O) groups excluding carboxylic acids is 1. The van der Waals surface area contributed by atoms with E-state index in [2.05, 4.69) is 0 Å². The average Bonchev–Trinajstić information content (AvgIpc) is 2.69. The summed E-state index contributed by atoms with van der Waals surface area (Å²) < 4.78 is 27.5. The summed E-state index contributed by atoms with van der Waals surface area (Å²) in [5, 5.41) is 11.4. The van der Waals surface area contributed by atoms with Crippen LogP contribution in [-0.2, 0) is 10.0 Å². The van der Waals surface area contributed by atoms with Gasteiger partial charge in [0.2, 0.25) is 15.9 Å². The van der Waals surface area contributed by atoms with Gasteiger partial charge in [0.25, 0.3) is 5.69 Å². The summed E-state index contributed by atoms with van der Waals surface area (Å²) in [6.07, 6.45) is 0. The largest absolute Gasteiger partial charge is 0.366 e. The molecule has 2 aromatic rings. The number of hydrogen-bond donors (Lipinski definition) is 1. The first-order valence-electron chi connectivity index (χ1n) is 9.02. The first-order valence-corrected chi connectivity index (χ1v) is 10.5. The number of sulfonamides is 1. The molecule has 0 bridgehead atoms. The number of rotatable bonds is 5. The van der Waals surface area contributed by atoms with Crippen LogP contribution in [0.5, 0.6) is 0 Å². The minimum atomic E-state index is -3.65. The minimum absolute atomic E-state index is 0.0524. The van der Waals surface area contributed by atoms with E-state index in [9.17, 15) is 23.3 Å². The molecule has 1 heterocycles. The number of piperazine rings is 1.